The van der Waals surface area contributed by atoms with Crippen molar-refractivity contribution < 1.29 is 28.7 Å². The van der Waals surface area contributed by atoms with Crippen molar-refractivity contribution in [2.24, 2.45) is 0 Å². The predicted molar refractivity (Wildman–Crippen MR) is 102 cm³/mol. The summed E-state index contributed by atoms with van der Waals surface area (Å²) in [5.74, 6) is -2.81. The number of nitrogens with zero attached hydrogens (tertiary/aromatic N) is 1. The van der Waals surface area contributed by atoms with Crippen LogP contribution in [0.5, 0.6) is 0 Å². The van der Waals surface area contributed by atoms with Gasteiger partial charge in [-0.25, -0.2) is 14.1 Å². The first kappa shape index (κ1) is 19.6. The van der Waals surface area contributed by atoms with E-state index in [2.05, 4.69) is 5.32 Å². The molecule has 1 aliphatic heterocycles. The smallest absolute Gasteiger partial charge is 0.335 e. The van der Waals surface area contributed by atoms with Crippen LogP contribution in [0.1, 0.15) is 16.8 Å². The minimum atomic E-state index is -1.11. The molecule has 0 saturated carbocycles. The van der Waals surface area contributed by atoms with E-state index in [9.17, 15) is 23.6 Å². The third-order valence-corrected chi connectivity index (χ3v) is 5.22. The average molecular weight is 402 g/mol. The quantitative estimate of drug-likeness (QED) is 0.720. The van der Waals surface area contributed by atoms with Crippen LogP contribution in [-0.4, -0.2) is 39.8 Å². The molecule has 2 N–H and O–H groups in total. The summed E-state index contributed by atoms with van der Waals surface area (Å²) >= 11 is 1.04. The van der Waals surface area contributed by atoms with Crippen molar-refractivity contribution in [2.45, 2.75) is 11.7 Å². The molecule has 0 aliphatic carbocycles. The van der Waals surface area contributed by atoms with E-state index in [0.717, 1.165) is 16.7 Å². The number of hydrogen-bond acceptors (Lipinski definition) is 5. The highest BCUT2D eigenvalue weighted by molar-refractivity contribution is 8.01. The van der Waals surface area contributed by atoms with E-state index < -0.39 is 28.9 Å². The van der Waals surface area contributed by atoms with Gasteiger partial charge in [0.25, 0.3) is 0 Å². The van der Waals surface area contributed by atoms with Gasteiger partial charge < -0.3 is 10.4 Å². The van der Waals surface area contributed by atoms with Gasteiger partial charge in [0.1, 0.15) is 5.82 Å². The van der Waals surface area contributed by atoms with Crippen LogP contribution in [0.25, 0.3) is 0 Å². The fourth-order valence-electron chi connectivity index (χ4n) is 2.67. The SMILES string of the molecule is O=C(CS[C@@H]1CC(=O)N(c2ccc(C(=O)O)cc2)C1=O)Nc1ccc(F)cc1. The van der Waals surface area contributed by atoms with Crippen molar-refractivity contribution in [3.8, 4) is 0 Å². The number of benzene rings is 2. The fraction of sp³-hybridized carbons (Fsp3) is 0.158. The summed E-state index contributed by atoms with van der Waals surface area (Å²) in [6.07, 6.45) is -0.0476. The van der Waals surface area contributed by atoms with Gasteiger partial charge >= 0.3 is 5.97 Å². The van der Waals surface area contributed by atoms with Crippen LogP contribution in [0.15, 0.2) is 48.5 Å². The molecule has 2 aromatic rings. The number of rotatable bonds is 6. The summed E-state index contributed by atoms with van der Waals surface area (Å²) in [4.78, 5) is 48.7. The monoisotopic (exact) mass is 402 g/mol. The maximum atomic E-state index is 12.9. The second-order valence-corrected chi connectivity index (χ2v) is 7.17. The molecular formula is C19H15FN2O5S. The van der Waals surface area contributed by atoms with Crippen LogP contribution >= 0.6 is 11.8 Å². The Bertz CT molecular complexity index is 930. The Morgan fingerprint density at radius 2 is 1.75 bits per heavy atom. The molecule has 3 amide bonds. The summed E-state index contributed by atoms with van der Waals surface area (Å²) in [7, 11) is 0. The molecule has 9 heteroatoms. The number of thioether (sulfide) groups is 1. The van der Waals surface area contributed by atoms with Gasteiger partial charge in [0.2, 0.25) is 17.7 Å². The second-order valence-electron chi connectivity index (χ2n) is 5.98. The lowest BCUT2D eigenvalue weighted by Gasteiger charge is -2.15. The minimum Gasteiger partial charge on any atom is -0.478 e. The van der Waals surface area contributed by atoms with Crippen molar-refractivity contribution in [1.82, 2.24) is 0 Å². The van der Waals surface area contributed by atoms with Crippen LogP contribution < -0.4 is 10.2 Å². The Kier molecular flexibility index (Phi) is 5.74. The first-order valence-electron chi connectivity index (χ1n) is 8.22. The molecule has 0 aromatic heterocycles. The van der Waals surface area contributed by atoms with Gasteiger partial charge in [0.15, 0.2) is 0 Å². The van der Waals surface area contributed by atoms with E-state index in [4.69, 9.17) is 5.11 Å². The molecule has 1 saturated heterocycles. The molecule has 7 nitrogen and oxygen atoms in total. The number of carbonyl (C=O) groups is 4. The molecule has 1 fully saturated rings. The van der Waals surface area contributed by atoms with Gasteiger partial charge in [-0.3, -0.25) is 14.4 Å². The lowest BCUT2D eigenvalue weighted by atomic mass is 10.2. The van der Waals surface area contributed by atoms with E-state index in [1.165, 1.54) is 48.5 Å². The zero-order valence-electron chi connectivity index (χ0n) is 14.4. The van der Waals surface area contributed by atoms with Crippen molar-refractivity contribution >= 4 is 46.8 Å². The van der Waals surface area contributed by atoms with Gasteiger partial charge in [-0.05, 0) is 48.5 Å². The van der Waals surface area contributed by atoms with E-state index in [1.54, 1.807) is 0 Å². The minimum absolute atomic E-state index is 0.0474. The first-order valence-corrected chi connectivity index (χ1v) is 9.27. The Labute approximate surface area is 163 Å². The molecule has 0 bridgehead atoms. The second kappa shape index (κ2) is 8.22. The number of amides is 3. The standard InChI is InChI=1S/C19H15FN2O5S/c20-12-3-5-13(6-4-12)21-16(23)10-28-15-9-17(24)22(18(15)25)14-7-1-11(2-8-14)19(26)27/h1-8,15H,9-10H2,(H,21,23)(H,26,27)/t15-/m1/s1. The van der Waals surface area contributed by atoms with Gasteiger partial charge in [0.05, 0.1) is 22.3 Å². The number of carboxylic acids is 1. The summed E-state index contributed by atoms with van der Waals surface area (Å²) in [6, 6.07) is 10.7. The molecule has 0 unspecified atom stereocenters. The number of imide groups is 1. The average Bonchev–Trinajstić information content (AvgIpc) is 2.95. The Balaban J connectivity index is 1.59. The lowest BCUT2D eigenvalue weighted by molar-refractivity contribution is -0.121. The van der Waals surface area contributed by atoms with Crippen molar-refractivity contribution in [1.29, 1.82) is 0 Å². The Hall–Kier alpha value is -3.20. The maximum Gasteiger partial charge on any atom is 0.335 e. The van der Waals surface area contributed by atoms with Gasteiger partial charge in [0, 0.05) is 12.1 Å². The molecule has 1 aliphatic rings. The van der Waals surface area contributed by atoms with Crippen LogP contribution in [0.4, 0.5) is 15.8 Å². The third-order valence-electron chi connectivity index (χ3n) is 4.02. The van der Waals surface area contributed by atoms with Gasteiger partial charge in [-0.2, -0.15) is 0 Å². The lowest BCUT2D eigenvalue weighted by Crippen LogP contribution is -2.31. The Morgan fingerprint density at radius 3 is 2.36 bits per heavy atom. The van der Waals surface area contributed by atoms with Crippen LogP contribution in [-0.2, 0) is 14.4 Å². The van der Waals surface area contributed by atoms with E-state index in [-0.39, 0.29) is 23.6 Å². The molecule has 144 valence electrons. The first-order chi connectivity index (χ1) is 13.3. The zero-order chi connectivity index (χ0) is 20.3. The number of nitrogens with one attached hydrogen (secondary N) is 1. The zero-order valence-corrected chi connectivity index (χ0v) is 15.2. The molecule has 0 spiro atoms. The molecular weight excluding hydrogens is 387 g/mol. The highest BCUT2D eigenvalue weighted by atomic mass is 32.2. The van der Waals surface area contributed by atoms with Crippen LogP contribution in [0.3, 0.4) is 0 Å². The topological polar surface area (TPSA) is 104 Å². The van der Waals surface area contributed by atoms with E-state index >= 15 is 0 Å². The van der Waals surface area contributed by atoms with Gasteiger partial charge in [-0.1, -0.05) is 0 Å². The molecule has 2 aromatic carbocycles. The maximum absolute atomic E-state index is 12.9. The molecule has 1 heterocycles. The fourth-order valence-corrected chi connectivity index (χ4v) is 3.60. The number of carboxylic acid groups (broad SMARTS) is 1. The van der Waals surface area contributed by atoms with Crippen molar-refractivity contribution in [3.63, 3.8) is 0 Å². The van der Waals surface area contributed by atoms with Crippen LogP contribution in [0.2, 0.25) is 0 Å². The Morgan fingerprint density at radius 1 is 1.11 bits per heavy atom. The summed E-state index contributed by atoms with van der Waals surface area (Å²) in [5, 5.41) is 10.8. The summed E-state index contributed by atoms with van der Waals surface area (Å²) in [6.45, 7) is 0. The predicted octanol–water partition coefficient (Wildman–Crippen LogP) is 2.53. The summed E-state index contributed by atoms with van der Waals surface area (Å²) in [5.41, 5.74) is 0.770. The molecule has 0 radical (unpaired) electrons. The number of hydrogen-bond donors (Lipinski definition) is 2. The highest BCUT2D eigenvalue weighted by Crippen LogP contribution is 2.30. The number of halogens is 1. The molecule has 1 atom stereocenters. The van der Waals surface area contributed by atoms with Crippen molar-refractivity contribution in [2.75, 3.05) is 16.0 Å². The van der Waals surface area contributed by atoms with Crippen LogP contribution in [0, 0.1) is 5.82 Å². The normalized spacial score (nSPS) is 16.3. The molecule has 28 heavy (non-hydrogen) atoms. The largest absolute Gasteiger partial charge is 0.478 e. The highest BCUT2D eigenvalue weighted by Gasteiger charge is 2.40. The van der Waals surface area contributed by atoms with Crippen molar-refractivity contribution in [3.05, 3.63) is 59.9 Å². The van der Waals surface area contributed by atoms with Gasteiger partial charge in [-0.15, -0.1) is 11.8 Å². The number of aromatic carboxylic acids is 1. The van der Waals surface area contributed by atoms with E-state index in [0.29, 0.717) is 11.4 Å². The number of carbonyl (C=O) groups excluding carboxylic acids is 3. The third kappa shape index (κ3) is 4.37. The number of anilines is 2. The van der Waals surface area contributed by atoms with E-state index in [1.807, 2.05) is 0 Å². The summed E-state index contributed by atoms with van der Waals surface area (Å²) < 4.78 is 12.9. The molecule has 3 rings (SSSR count).